The van der Waals surface area contributed by atoms with Crippen molar-refractivity contribution in [3.05, 3.63) is 17.5 Å². The van der Waals surface area contributed by atoms with Crippen molar-refractivity contribution in [1.29, 1.82) is 0 Å². The minimum atomic E-state index is -3.36. The zero-order chi connectivity index (χ0) is 20.3. The molecule has 1 saturated carbocycles. The molecular formula is C19H32N4O4S. The molecule has 0 aromatic carbocycles. The van der Waals surface area contributed by atoms with Gasteiger partial charge in [0, 0.05) is 30.1 Å². The summed E-state index contributed by atoms with van der Waals surface area (Å²) < 4.78 is 32.7. The minimum absolute atomic E-state index is 0.0792. The number of sulfonamides is 1. The second-order valence-electron chi connectivity index (χ2n) is 7.94. The van der Waals surface area contributed by atoms with Gasteiger partial charge in [0.15, 0.2) is 5.69 Å². The Balaban J connectivity index is 1.68. The molecule has 0 unspecified atom stereocenters. The highest BCUT2D eigenvalue weighted by atomic mass is 32.2. The Labute approximate surface area is 167 Å². The molecule has 1 aromatic heterocycles. The summed E-state index contributed by atoms with van der Waals surface area (Å²) >= 11 is 0. The van der Waals surface area contributed by atoms with E-state index in [1.54, 1.807) is 10.4 Å². The number of nitrogens with one attached hydrogen (secondary N) is 1. The van der Waals surface area contributed by atoms with Crippen LogP contribution in [0, 0.1) is 0 Å². The van der Waals surface area contributed by atoms with E-state index in [1.165, 1.54) is 0 Å². The molecule has 3 atom stereocenters. The van der Waals surface area contributed by atoms with Crippen LogP contribution in [0.15, 0.2) is 10.6 Å². The third-order valence-electron chi connectivity index (χ3n) is 5.78. The van der Waals surface area contributed by atoms with Gasteiger partial charge in [0.2, 0.25) is 10.0 Å². The summed E-state index contributed by atoms with van der Waals surface area (Å²) in [7, 11) is -3.36. The Hall–Kier alpha value is -1.45. The van der Waals surface area contributed by atoms with Crippen LogP contribution in [0.2, 0.25) is 0 Å². The van der Waals surface area contributed by atoms with Crippen molar-refractivity contribution in [1.82, 2.24) is 14.8 Å². The van der Waals surface area contributed by atoms with E-state index in [0.29, 0.717) is 50.3 Å². The predicted molar refractivity (Wildman–Crippen MR) is 106 cm³/mol. The van der Waals surface area contributed by atoms with Crippen molar-refractivity contribution in [2.75, 3.05) is 12.3 Å². The molecule has 1 amide bonds. The number of hydrogen-bond acceptors (Lipinski definition) is 6. The van der Waals surface area contributed by atoms with Crippen molar-refractivity contribution in [3.63, 3.8) is 0 Å². The molecule has 1 aliphatic carbocycles. The molecule has 3 rings (SSSR count). The quantitative estimate of drug-likeness (QED) is 0.640. The molecule has 1 aliphatic heterocycles. The highest BCUT2D eigenvalue weighted by Crippen LogP contribution is 2.40. The molecular weight excluding hydrogens is 380 g/mol. The lowest BCUT2D eigenvalue weighted by Gasteiger charge is -2.44. The Bertz CT molecular complexity index is 761. The third-order valence-corrected chi connectivity index (χ3v) is 7.82. The molecule has 0 spiro atoms. The average molecular weight is 413 g/mol. The van der Waals surface area contributed by atoms with Crippen LogP contribution in [0.25, 0.3) is 0 Å². The first-order chi connectivity index (χ1) is 13.4. The summed E-state index contributed by atoms with van der Waals surface area (Å²) in [6.45, 7) is 4.35. The van der Waals surface area contributed by atoms with Gasteiger partial charge in [0.05, 0.1) is 5.75 Å². The fraction of sp³-hybridized carbons (Fsp3) is 0.789. The van der Waals surface area contributed by atoms with Crippen molar-refractivity contribution < 1.29 is 17.7 Å². The molecule has 1 saturated heterocycles. The van der Waals surface area contributed by atoms with Crippen LogP contribution in [-0.4, -0.2) is 54.2 Å². The van der Waals surface area contributed by atoms with Crippen LogP contribution in [0.4, 0.5) is 0 Å². The van der Waals surface area contributed by atoms with E-state index in [-0.39, 0.29) is 29.8 Å². The molecule has 2 aliphatic rings. The maximum Gasteiger partial charge on any atom is 0.273 e. The molecule has 0 bridgehead atoms. The highest BCUT2D eigenvalue weighted by Gasteiger charge is 2.41. The van der Waals surface area contributed by atoms with E-state index in [4.69, 9.17) is 10.3 Å². The van der Waals surface area contributed by atoms with Crippen LogP contribution in [-0.2, 0) is 10.0 Å². The molecule has 8 nitrogen and oxygen atoms in total. The van der Waals surface area contributed by atoms with Crippen molar-refractivity contribution in [2.45, 2.75) is 82.8 Å². The van der Waals surface area contributed by atoms with E-state index in [0.717, 1.165) is 18.6 Å². The molecule has 0 radical (unpaired) electrons. The average Bonchev–Trinajstić information content (AvgIpc) is 3.41. The third kappa shape index (κ3) is 4.75. The Morgan fingerprint density at radius 1 is 1.29 bits per heavy atom. The fourth-order valence-electron chi connectivity index (χ4n) is 4.11. The lowest BCUT2D eigenvalue weighted by atomic mass is 9.91. The van der Waals surface area contributed by atoms with Crippen LogP contribution < -0.4 is 11.1 Å². The Morgan fingerprint density at radius 2 is 1.93 bits per heavy atom. The molecule has 2 fully saturated rings. The summed E-state index contributed by atoms with van der Waals surface area (Å²) in [5, 5.41) is 6.95. The van der Waals surface area contributed by atoms with Crippen LogP contribution in [0.1, 0.15) is 81.0 Å². The molecule has 158 valence electrons. The number of carbonyl (C=O) groups excluding carboxylic acids is 1. The topological polar surface area (TPSA) is 119 Å². The first kappa shape index (κ1) is 21.3. The maximum absolute atomic E-state index is 12.9. The number of rotatable bonds is 9. The summed E-state index contributed by atoms with van der Waals surface area (Å²) in [6.07, 6.45) is 5.26. The first-order valence-electron chi connectivity index (χ1n) is 10.4. The lowest BCUT2D eigenvalue weighted by molar-refractivity contribution is 0.0866. The second kappa shape index (κ2) is 8.92. The van der Waals surface area contributed by atoms with Gasteiger partial charge in [-0.2, -0.15) is 4.31 Å². The Morgan fingerprint density at radius 3 is 2.46 bits per heavy atom. The summed E-state index contributed by atoms with van der Waals surface area (Å²) in [6, 6.07) is 1.41. The Kier molecular flexibility index (Phi) is 6.77. The largest absolute Gasteiger partial charge is 0.360 e. The second-order valence-corrected chi connectivity index (χ2v) is 9.94. The molecule has 1 aromatic rings. The van der Waals surface area contributed by atoms with Crippen molar-refractivity contribution in [3.8, 4) is 0 Å². The van der Waals surface area contributed by atoms with E-state index in [1.807, 2.05) is 13.8 Å². The van der Waals surface area contributed by atoms with Gasteiger partial charge < -0.3 is 15.6 Å². The molecule has 2 heterocycles. The van der Waals surface area contributed by atoms with Crippen molar-refractivity contribution in [2.24, 2.45) is 5.73 Å². The zero-order valence-corrected chi connectivity index (χ0v) is 17.6. The van der Waals surface area contributed by atoms with Crippen LogP contribution in [0.3, 0.4) is 0 Å². The number of piperidine rings is 1. The van der Waals surface area contributed by atoms with Gasteiger partial charge in [-0.25, -0.2) is 8.42 Å². The maximum atomic E-state index is 12.9. The summed E-state index contributed by atoms with van der Waals surface area (Å²) in [5.74, 6) is 1.02. The smallest absolute Gasteiger partial charge is 0.273 e. The predicted octanol–water partition coefficient (Wildman–Crippen LogP) is 1.98. The number of aromatic nitrogens is 1. The number of hydrogen-bond donors (Lipinski definition) is 2. The SMILES string of the molecule is CC[C@@H]1C[C@H](NC(=O)c2cc(C3CC3)on2)C[C@H](CC)N1S(=O)(=O)CCCN. The van der Waals surface area contributed by atoms with Crippen molar-refractivity contribution >= 4 is 15.9 Å². The normalized spacial score (nSPS) is 26.3. The van der Waals surface area contributed by atoms with Gasteiger partial charge in [0.1, 0.15) is 5.76 Å². The number of nitrogens with two attached hydrogens (primary N) is 1. The number of nitrogens with zero attached hydrogens (tertiary/aromatic N) is 2. The molecule has 28 heavy (non-hydrogen) atoms. The highest BCUT2D eigenvalue weighted by molar-refractivity contribution is 7.89. The fourth-order valence-corrected chi connectivity index (χ4v) is 6.23. The number of amides is 1. The van der Waals surface area contributed by atoms with Gasteiger partial charge in [-0.15, -0.1) is 0 Å². The summed E-state index contributed by atoms with van der Waals surface area (Å²) in [4.78, 5) is 12.6. The molecule has 3 N–H and O–H groups in total. The number of carbonyl (C=O) groups is 1. The monoisotopic (exact) mass is 412 g/mol. The van der Waals surface area contributed by atoms with Gasteiger partial charge in [-0.3, -0.25) is 4.79 Å². The standard InChI is InChI=1S/C19H32N4O4S/c1-3-15-10-14(11-16(4-2)23(15)28(25,26)9-5-8-20)21-19(24)17-12-18(27-22-17)13-6-7-13/h12-16H,3-11,20H2,1-2H3,(H,21,24)/t14-,15+,16-. The lowest BCUT2D eigenvalue weighted by Crippen LogP contribution is -2.57. The van der Waals surface area contributed by atoms with Gasteiger partial charge in [-0.1, -0.05) is 19.0 Å². The van der Waals surface area contributed by atoms with E-state index < -0.39 is 10.0 Å². The first-order valence-corrected chi connectivity index (χ1v) is 12.0. The van der Waals surface area contributed by atoms with E-state index in [9.17, 15) is 13.2 Å². The minimum Gasteiger partial charge on any atom is -0.360 e. The van der Waals surface area contributed by atoms with Gasteiger partial charge >= 0.3 is 0 Å². The van der Waals surface area contributed by atoms with Crippen LogP contribution in [0.5, 0.6) is 0 Å². The van der Waals surface area contributed by atoms with E-state index >= 15 is 0 Å². The summed E-state index contributed by atoms with van der Waals surface area (Å²) in [5.41, 5.74) is 5.82. The van der Waals surface area contributed by atoms with E-state index in [2.05, 4.69) is 10.5 Å². The zero-order valence-electron chi connectivity index (χ0n) is 16.8. The van der Waals surface area contributed by atoms with Gasteiger partial charge in [-0.05, 0) is 51.5 Å². The van der Waals surface area contributed by atoms with Gasteiger partial charge in [0.25, 0.3) is 5.91 Å². The molecule has 9 heteroatoms. The van der Waals surface area contributed by atoms with Crippen LogP contribution >= 0.6 is 0 Å².